The SMILES string of the molecule is CCCCCCCCCCCCC(O)(CN)OCC. The Labute approximate surface area is 119 Å². The van der Waals surface area contributed by atoms with Gasteiger partial charge in [0.25, 0.3) is 0 Å². The van der Waals surface area contributed by atoms with Crippen LogP contribution >= 0.6 is 0 Å². The van der Waals surface area contributed by atoms with E-state index in [1.165, 1.54) is 57.8 Å². The van der Waals surface area contributed by atoms with E-state index in [-0.39, 0.29) is 6.54 Å². The number of hydrogen-bond acceptors (Lipinski definition) is 3. The van der Waals surface area contributed by atoms with Crippen LogP contribution < -0.4 is 5.73 Å². The molecule has 1 unspecified atom stereocenters. The van der Waals surface area contributed by atoms with Crippen molar-refractivity contribution in [2.75, 3.05) is 13.2 Å². The molecule has 0 aromatic carbocycles. The summed E-state index contributed by atoms with van der Waals surface area (Å²) in [5, 5.41) is 10.00. The van der Waals surface area contributed by atoms with Crippen LogP contribution in [0.4, 0.5) is 0 Å². The minimum absolute atomic E-state index is 0.193. The first-order valence-corrected chi connectivity index (χ1v) is 8.25. The average molecular weight is 273 g/mol. The molecule has 0 saturated heterocycles. The Balaban J connectivity index is 3.30. The van der Waals surface area contributed by atoms with Crippen LogP contribution in [-0.2, 0) is 4.74 Å². The Bertz CT molecular complexity index is 188. The maximum Gasteiger partial charge on any atom is 0.177 e. The Morgan fingerprint density at radius 2 is 1.32 bits per heavy atom. The molecule has 116 valence electrons. The first-order valence-electron chi connectivity index (χ1n) is 8.25. The van der Waals surface area contributed by atoms with Gasteiger partial charge < -0.3 is 15.6 Å². The number of nitrogens with two attached hydrogens (primary N) is 1. The zero-order valence-corrected chi connectivity index (χ0v) is 13.1. The largest absolute Gasteiger partial charge is 0.364 e. The van der Waals surface area contributed by atoms with Gasteiger partial charge >= 0.3 is 0 Å². The van der Waals surface area contributed by atoms with Gasteiger partial charge in [0.1, 0.15) is 0 Å². The van der Waals surface area contributed by atoms with Crippen molar-refractivity contribution in [2.24, 2.45) is 5.73 Å². The van der Waals surface area contributed by atoms with Gasteiger partial charge in [-0.2, -0.15) is 0 Å². The Morgan fingerprint density at radius 1 is 0.842 bits per heavy atom. The van der Waals surface area contributed by atoms with Crippen molar-refractivity contribution in [1.29, 1.82) is 0 Å². The van der Waals surface area contributed by atoms with E-state index in [2.05, 4.69) is 6.92 Å². The van der Waals surface area contributed by atoms with Crippen molar-refractivity contribution in [3.8, 4) is 0 Å². The van der Waals surface area contributed by atoms with Crippen LogP contribution in [0.1, 0.15) is 84.5 Å². The van der Waals surface area contributed by atoms with E-state index >= 15 is 0 Å². The van der Waals surface area contributed by atoms with Gasteiger partial charge in [-0.15, -0.1) is 0 Å². The quantitative estimate of drug-likeness (QED) is 0.372. The van der Waals surface area contributed by atoms with E-state index in [9.17, 15) is 5.11 Å². The fourth-order valence-corrected chi connectivity index (χ4v) is 2.39. The van der Waals surface area contributed by atoms with Crippen LogP contribution in [0.5, 0.6) is 0 Å². The first-order chi connectivity index (χ1) is 9.18. The highest BCUT2D eigenvalue weighted by Crippen LogP contribution is 2.17. The molecule has 0 heterocycles. The van der Waals surface area contributed by atoms with Gasteiger partial charge in [-0.05, 0) is 13.3 Å². The normalized spacial score (nSPS) is 14.5. The van der Waals surface area contributed by atoms with Crippen LogP contribution in [0, 0.1) is 0 Å². The number of unbranched alkanes of at least 4 members (excludes halogenated alkanes) is 9. The molecule has 0 aromatic heterocycles. The number of rotatable bonds is 14. The highest BCUT2D eigenvalue weighted by Gasteiger charge is 2.24. The average Bonchev–Trinajstić information content (AvgIpc) is 2.41. The third-order valence-electron chi connectivity index (χ3n) is 3.65. The van der Waals surface area contributed by atoms with Gasteiger partial charge in [0.2, 0.25) is 0 Å². The number of ether oxygens (including phenoxy) is 1. The molecule has 0 rings (SSSR count). The second-order valence-corrected chi connectivity index (χ2v) is 5.52. The summed E-state index contributed by atoms with van der Waals surface area (Å²) in [6.07, 6.45) is 13.7. The van der Waals surface area contributed by atoms with Crippen molar-refractivity contribution in [3.63, 3.8) is 0 Å². The molecule has 0 aliphatic rings. The smallest absolute Gasteiger partial charge is 0.177 e. The molecule has 0 aromatic rings. The fraction of sp³-hybridized carbons (Fsp3) is 1.00. The molecule has 3 heteroatoms. The standard InChI is InChI=1S/C16H35NO2/c1-3-5-6-7-8-9-10-11-12-13-14-16(18,15-17)19-4-2/h18H,3-15,17H2,1-2H3. The summed E-state index contributed by atoms with van der Waals surface area (Å²) in [5.74, 6) is -1.09. The maximum atomic E-state index is 10.00. The molecule has 0 fully saturated rings. The first kappa shape index (κ1) is 18.9. The van der Waals surface area contributed by atoms with E-state index < -0.39 is 5.79 Å². The Hall–Kier alpha value is -0.120. The molecule has 0 aliphatic heterocycles. The molecule has 0 radical (unpaired) electrons. The van der Waals surface area contributed by atoms with E-state index in [1.807, 2.05) is 6.92 Å². The molecule has 0 bridgehead atoms. The van der Waals surface area contributed by atoms with Crippen molar-refractivity contribution in [1.82, 2.24) is 0 Å². The molecule has 3 N–H and O–H groups in total. The molecule has 0 amide bonds. The molecule has 19 heavy (non-hydrogen) atoms. The lowest BCUT2D eigenvalue weighted by molar-refractivity contribution is -0.197. The van der Waals surface area contributed by atoms with E-state index in [0.717, 1.165) is 6.42 Å². The Morgan fingerprint density at radius 3 is 1.74 bits per heavy atom. The molecule has 0 spiro atoms. The summed E-state index contributed by atoms with van der Waals surface area (Å²) in [6.45, 7) is 4.85. The molecule has 0 saturated carbocycles. The number of aliphatic hydroxyl groups is 1. The van der Waals surface area contributed by atoms with E-state index in [1.54, 1.807) is 0 Å². The highest BCUT2D eigenvalue weighted by molar-refractivity contribution is 4.68. The minimum atomic E-state index is -1.09. The predicted octanol–water partition coefficient (Wildman–Crippen LogP) is 3.98. The van der Waals surface area contributed by atoms with E-state index in [4.69, 9.17) is 10.5 Å². The van der Waals surface area contributed by atoms with Crippen LogP contribution in [-0.4, -0.2) is 24.0 Å². The van der Waals surface area contributed by atoms with Crippen molar-refractivity contribution in [3.05, 3.63) is 0 Å². The van der Waals surface area contributed by atoms with Gasteiger partial charge in [-0.1, -0.05) is 64.7 Å². The molecule has 3 nitrogen and oxygen atoms in total. The zero-order valence-electron chi connectivity index (χ0n) is 13.1. The summed E-state index contributed by atoms with van der Waals surface area (Å²) in [4.78, 5) is 0. The maximum absolute atomic E-state index is 10.00. The zero-order chi connectivity index (χ0) is 14.4. The van der Waals surface area contributed by atoms with Gasteiger partial charge in [0.15, 0.2) is 5.79 Å². The minimum Gasteiger partial charge on any atom is -0.364 e. The van der Waals surface area contributed by atoms with Gasteiger partial charge in [-0.25, -0.2) is 0 Å². The van der Waals surface area contributed by atoms with Crippen LogP contribution in [0.2, 0.25) is 0 Å². The predicted molar refractivity (Wildman–Crippen MR) is 82.1 cm³/mol. The lowest BCUT2D eigenvalue weighted by atomic mass is 10.0. The fourth-order valence-electron chi connectivity index (χ4n) is 2.39. The van der Waals surface area contributed by atoms with Crippen LogP contribution in [0.15, 0.2) is 0 Å². The summed E-state index contributed by atoms with van der Waals surface area (Å²) in [6, 6.07) is 0. The molecule has 1 atom stereocenters. The van der Waals surface area contributed by atoms with E-state index in [0.29, 0.717) is 13.0 Å². The summed E-state index contributed by atoms with van der Waals surface area (Å²) in [5.41, 5.74) is 5.54. The molecular weight excluding hydrogens is 238 g/mol. The van der Waals surface area contributed by atoms with Gasteiger partial charge in [-0.3, -0.25) is 0 Å². The van der Waals surface area contributed by atoms with Gasteiger partial charge in [0.05, 0.1) is 0 Å². The third-order valence-corrected chi connectivity index (χ3v) is 3.65. The monoisotopic (exact) mass is 273 g/mol. The van der Waals surface area contributed by atoms with Gasteiger partial charge in [0, 0.05) is 19.6 Å². The van der Waals surface area contributed by atoms with Crippen molar-refractivity contribution < 1.29 is 9.84 Å². The number of hydrogen-bond donors (Lipinski definition) is 2. The van der Waals surface area contributed by atoms with Crippen molar-refractivity contribution >= 4 is 0 Å². The molecule has 0 aliphatic carbocycles. The highest BCUT2D eigenvalue weighted by atomic mass is 16.6. The second kappa shape index (κ2) is 12.9. The topological polar surface area (TPSA) is 55.5 Å². The van der Waals surface area contributed by atoms with Crippen molar-refractivity contribution in [2.45, 2.75) is 90.3 Å². The third kappa shape index (κ3) is 11.4. The summed E-state index contributed by atoms with van der Waals surface area (Å²) < 4.78 is 5.29. The Kier molecular flexibility index (Phi) is 12.8. The van der Waals surface area contributed by atoms with Crippen LogP contribution in [0.3, 0.4) is 0 Å². The summed E-state index contributed by atoms with van der Waals surface area (Å²) >= 11 is 0. The lowest BCUT2D eigenvalue weighted by Gasteiger charge is -2.26. The lowest BCUT2D eigenvalue weighted by Crippen LogP contribution is -2.40. The van der Waals surface area contributed by atoms with Crippen LogP contribution in [0.25, 0.3) is 0 Å². The summed E-state index contributed by atoms with van der Waals surface area (Å²) in [7, 11) is 0. The molecular formula is C16H35NO2. The second-order valence-electron chi connectivity index (χ2n) is 5.52.